The maximum absolute atomic E-state index is 11.6. The molecule has 0 saturated carbocycles. The molecule has 0 unspecified atom stereocenters. The van der Waals surface area contributed by atoms with E-state index < -0.39 is 5.97 Å². The van der Waals surface area contributed by atoms with Crippen molar-refractivity contribution in [3.05, 3.63) is 47.1 Å². The van der Waals surface area contributed by atoms with Crippen molar-refractivity contribution in [2.24, 2.45) is 0 Å². The normalized spacial score (nSPS) is 10.3. The standard InChI is InChI=1S/C12H14N4O3/c13-10-2-3-11(17)15(8-10)9-12(18)19-7-6-16-5-1-4-14-16/h1-5,8H,6-7,9,13H2. The van der Waals surface area contributed by atoms with E-state index in [1.165, 1.54) is 22.9 Å². The van der Waals surface area contributed by atoms with Crippen molar-refractivity contribution in [3.8, 4) is 0 Å². The van der Waals surface area contributed by atoms with Gasteiger partial charge in [0.1, 0.15) is 13.2 Å². The average Bonchev–Trinajstić information content (AvgIpc) is 2.87. The van der Waals surface area contributed by atoms with Crippen LogP contribution in [0.3, 0.4) is 0 Å². The van der Waals surface area contributed by atoms with E-state index in [-0.39, 0.29) is 18.7 Å². The van der Waals surface area contributed by atoms with Gasteiger partial charge < -0.3 is 15.0 Å². The maximum atomic E-state index is 11.6. The molecule has 0 saturated heterocycles. The van der Waals surface area contributed by atoms with Crippen molar-refractivity contribution in [2.45, 2.75) is 13.1 Å². The molecule has 0 amide bonds. The van der Waals surface area contributed by atoms with E-state index >= 15 is 0 Å². The molecule has 2 aromatic heterocycles. The molecule has 0 bridgehead atoms. The van der Waals surface area contributed by atoms with Crippen LogP contribution in [0.25, 0.3) is 0 Å². The maximum Gasteiger partial charge on any atom is 0.326 e. The van der Waals surface area contributed by atoms with Gasteiger partial charge in [0.25, 0.3) is 5.56 Å². The van der Waals surface area contributed by atoms with E-state index in [0.717, 1.165) is 0 Å². The number of nitrogens with zero attached hydrogens (tertiary/aromatic N) is 3. The van der Waals surface area contributed by atoms with Crippen molar-refractivity contribution < 1.29 is 9.53 Å². The Hall–Kier alpha value is -2.57. The topological polar surface area (TPSA) is 92.1 Å². The molecular weight excluding hydrogens is 248 g/mol. The van der Waals surface area contributed by atoms with Crippen LogP contribution in [-0.4, -0.2) is 26.9 Å². The predicted octanol–water partition coefficient (Wildman–Crippen LogP) is -0.130. The van der Waals surface area contributed by atoms with Gasteiger partial charge in [0.15, 0.2) is 0 Å². The summed E-state index contributed by atoms with van der Waals surface area (Å²) >= 11 is 0. The number of ether oxygens (including phenoxy) is 1. The van der Waals surface area contributed by atoms with Gasteiger partial charge in [0.05, 0.1) is 6.54 Å². The molecule has 2 heterocycles. The first-order chi connectivity index (χ1) is 9.15. The van der Waals surface area contributed by atoms with Crippen LogP contribution in [0.2, 0.25) is 0 Å². The van der Waals surface area contributed by atoms with Crippen molar-refractivity contribution in [1.82, 2.24) is 14.3 Å². The number of carbonyl (C=O) groups is 1. The molecule has 100 valence electrons. The van der Waals surface area contributed by atoms with Gasteiger partial charge in [0.2, 0.25) is 0 Å². The predicted molar refractivity (Wildman–Crippen MR) is 68.3 cm³/mol. The smallest absolute Gasteiger partial charge is 0.326 e. The molecule has 2 N–H and O–H groups in total. The number of hydrogen-bond acceptors (Lipinski definition) is 5. The molecule has 19 heavy (non-hydrogen) atoms. The molecule has 7 heteroatoms. The Morgan fingerprint density at radius 3 is 3.00 bits per heavy atom. The summed E-state index contributed by atoms with van der Waals surface area (Å²) < 4.78 is 7.88. The van der Waals surface area contributed by atoms with E-state index in [9.17, 15) is 9.59 Å². The van der Waals surface area contributed by atoms with Gasteiger partial charge in [-0.3, -0.25) is 14.3 Å². The number of nitrogens with two attached hydrogens (primary N) is 1. The second-order valence-electron chi connectivity index (χ2n) is 3.92. The van der Waals surface area contributed by atoms with Crippen LogP contribution in [0, 0.1) is 0 Å². The molecule has 2 aromatic rings. The third-order valence-corrected chi connectivity index (χ3v) is 2.45. The Morgan fingerprint density at radius 2 is 2.26 bits per heavy atom. The van der Waals surface area contributed by atoms with E-state index in [1.54, 1.807) is 23.1 Å². The van der Waals surface area contributed by atoms with Crippen LogP contribution in [0.1, 0.15) is 0 Å². The molecule has 0 fully saturated rings. The zero-order valence-electron chi connectivity index (χ0n) is 10.2. The second kappa shape index (κ2) is 5.85. The zero-order valence-corrected chi connectivity index (χ0v) is 10.2. The Kier molecular flexibility index (Phi) is 3.97. The number of hydrogen-bond donors (Lipinski definition) is 1. The first-order valence-electron chi connectivity index (χ1n) is 5.74. The SMILES string of the molecule is Nc1ccc(=O)n(CC(=O)OCCn2cccn2)c1. The quantitative estimate of drug-likeness (QED) is 0.758. The van der Waals surface area contributed by atoms with Crippen LogP contribution in [-0.2, 0) is 22.6 Å². The minimum Gasteiger partial charge on any atom is -0.462 e. The fourth-order valence-corrected chi connectivity index (χ4v) is 1.54. The lowest BCUT2D eigenvalue weighted by molar-refractivity contribution is -0.144. The van der Waals surface area contributed by atoms with Gasteiger partial charge in [0, 0.05) is 30.3 Å². The highest BCUT2D eigenvalue weighted by Gasteiger charge is 2.06. The van der Waals surface area contributed by atoms with Crippen molar-refractivity contribution in [2.75, 3.05) is 12.3 Å². The lowest BCUT2D eigenvalue weighted by Gasteiger charge is -2.07. The Bertz CT molecular complexity index is 604. The third kappa shape index (κ3) is 3.70. The van der Waals surface area contributed by atoms with Crippen LogP contribution in [0.15, 0.2) is 41.6 Å². The van der Waals surface area contributed by atoms with Crippen LogP contribution in [0.4, 0.5) is 5.69 Å². The molecule has 2 rings (SSSR count). The number of carbonyl (C=O) groups excluding carboxylic acids is 1. The minimum absolute atomic E-state index is 0.150. The fraction of sp³-hybridized carbons (Fsp3) is 0.250. The van der Waals surface area contributed by atoms with Crippen molar-refractivity contribution in [1.29, 1.82) is 0 Å². The number of rotatable bonds is 5. The number of nitrogen functional groups attached to an aromatic ring is 1. The summed E-state index contributed by atoms with van der Waals surface area (Å²) in [6.07, 6.45) is 4.83. The van der Waals surface area contributed by atoms with Gasteiger partial charge >= 0.3 is 5.97 Å². The molecule has 0 aliphatic heterocycles. The molecule has 0 aliphatic rings. The first-order valence-corrected chi connectivity index (χ1v) is 5.74. The number of anilines is 1. The molecule has 0 atom stereocenters. The largest absolute Gasteiger partial charge is 0.462 e. The van der Waals surface area contributed by atoms with E-state index in [4.69, 9.17) is 10.5 Å². The van der Waals surface area contributed by atoms with Crippen LogP contribution >= 0.6 is 0 Å². The highest BCUT2D eigenvalue weighted by Crippen LogP contribution is 1.96. The van der Waals surface area contributed by atoms with Crippen molar-refractivity contribution >= 4 is 11.7 Å². The summed E-state index contributed by atoms with van der Waals surface area (Å²) in [7, 11) is 0. The van der Waals surface area contributed by atoms with Gasteiger partial charge in [-0.15, -0.1) is 0 Å². The average molecular weight is 262 g/mol. The molecule has 0 radical (unpaired) electrons. The Labute approximate surface area is 109 Å². The summed E-state index contributed by atoms with van der Waals surface area (Å²) in [5, 5.41) is 3.98. The number of aromatic nitrogens is 3. The number of pyridine rings is 1. The first kappa shape index (κ1) is 12.9. The number of esters is 1. The Balaban J connectivity index is 1.84. The van der Waals surface area contributed by atoms with E-state index in [0.29, 0.717) is 12.2 Å². The van der Waals surface area contributed by atoms with Gasteiger partial charge in [-0.05, 0) is 12.1 Å². The molecular formula is C12H14N4O3. The second-order valence-corrected chi connectivity index (χ2v) is 3.92. The summed E-state index contributed by atoms with van der Waals surface area (Å²) in [5.74, 6) is -0.486. The van der Waals surface area contributed by atoms with Gasteiger partial charge in [-0.1, -0.05) is 0 Å². The molecule has 7 nitrogen and oxygen atoms in total. The summed E-state index contributed by atoms with van der Waals surface area (Å²) in [6, 6.07) is 4.59. The molecule has 0 spiro atoms. The van der Waals surface area contributed by atoms with E-state index in [1.807, 2.05) is 0 Å². The van der Waals surface area contributed by atoms with Gasteiger partial charge in [-0.25, -0.2) is 0 Å². The fourth-order valence-electron chi connectivity index (χ4n) is 1.54. The summed E-state index contributed by atoms with van der Waals surface area (Å²) in [4.78, 5) is 23.0. The summed E-state index contributed by atoms with van der Waals surface area (Å²) in [6.45, 7) is 0.533. The van der Waals surface area contributed by atoms with Crippen molar-refractivity contribution in [3.63, 3.8) is 0 Å². The lowest BCUT2D eigenvalue weighted by Crippen LogP contribution is -2.25. The third-order valence-electron chi connectivity index (χ3n) is 2.45. The monoisotopic (exact) mass is 262 g/mol. The highest BCUT2D eigenvalue weighted by atomic mass is 16.5. The lowest BCUT2D eigenvalue weighted by atomic mass is 10.4. The minimum atomic E-state index is -0.486. The highest BCUT2D eigenvalue weighted by molar-refractivity contribution is 5.69. The van der Waals surface area contributed by atoms with Crippen LogP contribution < -0.4 is 11.3 Å². The molecule has 0 aromatic carbocycles. The van der Waals surface area contributed by atoms with Gasteiger partial charge in [-0.2, -0.15) is 5.10 Å². The van der Waals surface area contributed by atoms with Crippen LogP contribution in [0.5, 0.6) is 0 Å². The van der Waals surface area contributed by atoms with E-state index in [2.05, 4.69) is 5.10 Å². The zero-order chi connectivity index (χ0) is 13.7. The molecule has 0 aliphatic carbocycles. The summed E-state index contributed by atoms with van der Waals surface area (Å²) in [5.41, 5.74) is 5.67. The Morgan fingerprint density at radius 1 is 1.42 bits per heavy atom.